The van der Waals surface area contributed by atoms with Crippen LogP contribution >= 0.6 is 12.6 Å². The molecule has 0 bridgehead atoms. The molecular formula is C15H29N6O4S. The smallest absolute Gasteiger partial charge is 0.245 e. The first kappa shape index (κ1) is 24.1. The average molecular weight is 390 g/mol. The van der Waals surface area contributed by atoms with Crippen molar-refractivity contribution in [3.63, 3.8) is 0 Å². The number of amides is 2. The topological polar surface area (TPSA) is 183 Å². The second-order valence-electron chi connectivity index (χ2n) is 6.53. The number of nitrogens with two attached hydrogens (primary N) is 2. The van der Waals surface area contributed by atoms with Crippen LogP contribution in [0.3, 0.4) is 0 Å². The molecule has 9 N–H and O–H groups in total. The van der Waals surface area contributed by atoms with E-state index < -0.39 is 40.8 Å². The third kappa shape index (κ3) is 9.02. The molecule has 149 valence electrons. The number of hydrogen-bond donors (Lipinski definition) is 8. The molecule has 0 fully saturated rings. The first-order chi connectivity index (χ1) is 11.9. The van der Waals surface area contributed by atoms with Crippen LogP contribution in [0.5, 0.6) is 0 Å². The van der Waals surface area contributed by atoms with Gasteiger partial charge in [0.2, 0.25) is 18.1 Å². The Morgan fingerprint density at radius 3 is 2.31 bits per heavy atom. The number of hydrogen-bond acceptors (Lipinski definition) is 7. The molecule has 2 amide bonds. The standard InChI is InChI=1S/C15H29N6O4S/c1-8(23)11(13(25)20-10(7-22)15(2,3)26)21-12(24)9(16)5-4-6-19-14(17)18/h8-11,23,26H,4-6,16H2,1-3H3,(H,20,25)(H,21,24)(H4,17,18,19)/t8-,9+,10-,11+/m1/s1. The van der Waals surface area contributed by atoms with Gasteiger partial charge in [0.15, 0.2) is 5.96 Å². The van der Waals surface area contributed by atoms with Crippen LogP contribution in [-0.4, -0.2) is 64.7 Å². The highest BCUT2D eigenvalue weighted by atomic mass is 32.1. The molecule has 4 atom stereocenters. The maximum absolute atomic E-state index is 12.3. The van der Waals surface area contributed by atoms with E-state index in [-0.39, 0.29) is 12.4 Å². The molecule has 0 aliphatic rings. The van der Waals surface area contributed by atoms with E-state index in [0.29, 0.717) is 13.0 Å². The van der Waals surface area contributed by atoms with Crippen LogP contribution in [-0.2, 0) is 14.4 Å². The van der Waals surface area contributed by atoms with E-state index in [1.54, 1.807) is 20.1 Å². The van der Waals surface area contributed by atoms with E-state index >= 15 is 0 Å². The molecule has 0 aromatic heterocycles. The maximum Gasteiger partial charge on any atom is 0.245 e. The Labute approximate surface area is 158 Å². The largest absolute Gasteiger partial charge is 0.391 e. The van der Waals surface area contributed by atoms with Crippen molar-refractivity contribution in [2.75, 3.05) is 6.54 Å². The summed E-state index contributed by atoms with van der Waals surface area (Å²) in [5.74, 6) is -1.54. The molecular weight excluding hydrogens is 360 g/mol. The highest BCUT2D eigenvalue weighted by molar-refractivity contribution is 7.81. The van der Waals surface area contributed by atoms with E-state index in [9.17, 15) is 19.5 Å². The van der Waals surface area contributed by atoms with Crippen molar-refractivity contribution < 1.29 is 19.5 Å². The van der Waals surface area contributed by atoms with Crippen LogP contribution in [0, 0.1) is 5.41 Å². The van der Waals surface area contributed by atoms with Crippen molar-refractivity contribution in [3.05, 3.63) is 0 Å². The van der Waals surface area contributed by atoms with Crippen molar-refractivity contribution in [3.8, 4) is 0 Å². The number of thiol groups is 1. The van der Waals surface area contributed by atoms with Gasteiger partial charge in [-0.25, -0.2) is 0 Å². The molecule has 0 unspecified atom stereocenters. The zero-order valence-electron chi connectivity index (χ0n) is 15.2. The Morgan fingerprint density at radius 1 is 1.31 bits per heavy atom. The molecule has 0 aromatic rings. The Bertz CT molecular complexity index is 509. The van der Waals surface area contributed by atoms with Gasteiger partial charge in [-0.3, -0.25) is 19.8 Å². The van der Waals surface area contributed by atoms with E-state index in [4.69, 9.17) is 16.9 Å². The van der Waals surface area contributed by atoms with Gasteiger partial charge in [0, 0.05) is 11.3 Å². The van der Waals surface area contributed by atoms with Gasteiger partial charge in [-0.2, -0.15) is 12.6 Å². The highest BCUT2D eigenvalue weighted by Gasteiger charge is 2.33. The Hall–Kier alpha value is -1.85. The van der Waals surface area contributed by atoms with Crippen LogP contribution in [0.25, 0.3) is 0 Å². The van der Waals surface area contributed by atoms with E-state index in [0.717, 1.165) is 0 Å². The van der Waals surface area contributed by atoms with Crippen LogP contribution < -0.4 is 27.4 Å². The zero-order chi connectivity index (χ0) is 20.5. The zero-order valence-corrected chi connectivity index (χ0v) is 16.1. The lowest BCUT2D eigenvalue weighted by Crippen LogP contribution is -2.59. The van der Waals surface area contributed by atoms with Gasteiger partial charge in [0.05, 0.1) is 12.1 Å². The molecule has 0 aliphatic carbocycles. The van der Waals surface area contributed by atoms with Crippen LogP contribution in [0.15, 0.2) is 0 Å². The van der Waals surface area contributed by atoms with E-state index in [2.05, 4.69) is 28.6 Å². The quantitative estimate of drug-likeness (QED) is 0.0848. The van der Waals surface area contributed by atoms with Gasteiger partial charge in [0.1, 0.15) is 12.1 Å². The number of rotatable bonds is 11. The Kier molecular flexibility index (Phi) is 10.2. The predicted molar refractivity (Wildman–Crippen MR) is 101 cm³/mol. The van der Waals surface area contributed by atoms with Gasteiger partial charge in [-0.15, -0.1) is 0 Å². The summed E-state index contributed by atoms with van der Waals surface area (Å²) in [5, 5.41) is 24.2. The molecule has 1 radical (unpaired) electrons. The third-order valence-corrected chi connectivity index (χ3v) is 3.78. The van der Waals surface area contributed by atoms with Crippen molar-refractivity contribution in [2.45, 2.75) is 62.6 Å². The molecule has 0 rings (SSSR count). The third-order valence-electron chi connectivity index (χ3n) is 3.52. The second kappa shape index (κ2) is 11.0. The predicted octanol–water partition coefficient (Wildman–Crippen LogP) is -2.25. The lowest BCUT2D eigenvalue weighted by Gasteiger charge is -2.29. The second-order valence-corrected chi connectivity index (χ2v) is 7.68. The number of carbonyl (C=O) groups excluding carboxylic acids is 3. The minimum Gasteiger partial charge on any atom is -0.391 e. The average Bonchev–Trinajstić information content (AvgIpc) is 2.51. The summed E-state index contributed by atoms with van der Waals surface area (Å²) >= 11 is 4.21. The van der Waals surface area contributed by atoms with Gasteiger partial charge in [-0.05, 0) is 33.6 Å². The van der Waals surface area contributed by atoms with E-state index in [1.807, 2.05) is 0 Å². The summed E-state index contributed by atoms with van der Waals surface area (Å²) in [4.78, 5) is 35.5. The molecule has 26 heavy (non-hydrogen) atoms. The fourth-order valence-corrected chi connectivity index (χ4v) is 2.04. The van der Waals surface area contributed by atoms with Crippen LogP contribution in [0.2, 0.25) is 0 Å². The lowest BCUT2D eigenvalue weighted by molar-refractivity contribution is -0.132. The number of nitrogens with one attached hydrogen (secondary N) is 4. The molecule has 0 saturated heterocycles. The minimum atomic E-state index is -1.28. The fraction of sp³-hybridized carbons (Fsp3) is 0.733. The Balaban J connectivity index is 4.74. The highest BCUT2D eigenvalue weighted by Crippen LogP contribution is 2.16. The van der Waals surface area contributed by atoms with Crippen molar-refractivity contribution in [1.82, 2.24) is 16.0 Å². The van der Waals surface area contributed by atoms with Crippen molar-refractivity contribution >= 4 is 36.7 Å². The van der Waals surface area contributed by atoms with Crippen molar-refractivity contribution in [2.24, 2.45) is 11.5 Å². The fourth-order valence-electron chi connectivity index (χ4n) is 1.92. The molecule has 0 heterocycles. The van der Waals surface area contributed by atoms with Gasteiger partial charge in [-0.1, -0.05) is 0 Å². The van der Waals surface area contributed by atoms with Crippen LogP contribution in [0.1, 0.15) is 33.6 Å². The minimum absolute atomic E-state index is 0.178. The number of guanidine groups is 1. The summed E-state index contributed by atoms with van der Waals surface area (Å²) in [6.45, 7) is 4.95. The first-order valence-electron chi connectivity index (χ1n) is 8.12. The molecule has 0 saturated carbocycles. The first-order valence-corrected chi connectivity index (χ1v) is 8.57. The molecule has 0 spiro atoms. The van der Waals surface area contributed by atoms with Crippen molar-refractivity contribution in [1.29, 1.82) is 5.41 Å². The molecule has 0 aromatic carbocycles. The number of aliphatic hydroxyl groups is 1. The number of carbonyl (C=O) groups is 2. The molecule has 10 nitrogen and oxygen atoms in total. The van der Waals surface area contributed by atoms with Gasteiger partial charge < -0.3 is 32.5 Å². The molecule has 0 aliphatic heterocycles. The van der Waals surface area contributed by atoms with Crippen LogP contribution in [0.4, 0.5) is 0 Å². The number of aliphatic hydroxyl groups excluding tert-OH is 1. The van der Waals surface area contributed by atoms with Gasteiger partial charge in [0.25, 0.3) is 0 Å². The van der Waals surface area contributed by atoms with E-state index in [1.165, 1.54) is 6.92 Å². The SMILES string of the molecule is C[C@@H](O)[C@H](NC(=O)[C@@H](N)CCCNC(=N)N)C(=O)N[C@H]([C]=O)C(C)(C)S. The monoisotopic (exact) mass is 389 g/mol. The maximum atomic E-state index is 12.3. The Morgan fingerprint density at radius 2 is 1.88 bits per heavy atom. The molecule has 11 heteroatoms. The normalized spacial score (nSPS) is 15.9. The summed E-state index contributed by atoms with van der Waals surface area (Å²) < 4.78 is -0.870. The summed E-state index contributed by atoms with van der Waals surface area (Å²) in [7, 11) is 0. The summed E-state index contributed by atoms with van der Waals surface area (Å²) in [6.07, 6.45) is 1.24. The summed E-state index contributed by atoms with van der Waals surface area (Å²) in [5.41, 5.74) is 10.9. The lowest BCUT2D eigenvalue weighted by atomic mass is 10.0. The van der Waals surface area contributed by atoms with Gasteiger partial charge >= 0.3 is 0 Å². The summed E-state index contributed by atoms with van der Waals surface area (Å²) in [6, 6.07) is -3.22.